The van der Waals surface area contributed by atoms with E-state index in [-0.39, 0.29) is 5.91 Å². The molecule has 1 aromatic rings. The summed E-state index contributed by atoms with van der Waals surface area (Å²) in [5.74, 6) is 0.223. The minimum Gasteiger partial charge on any atom is -0.339 e. The Morgan fingerprint density at radius 1 is 1.19 bits per heavy atom. The normalized spacial score (nSPS) is 17.9. The standard InChI is InChI=1S/C12H16INOS/c13-11-8-10(9-16-11)12(15)14-6-4-2-1-3-5-7-14/h8-9H,1-7H2. The van der Waals surface area contributed by atoms with E-state index >= 15 is 0 Å². The lowest BCUT2D eigenvalue weighted by atomic mass is 10.1. The number of carbonyl (C=O) groups excluding carboxylic acids is 1. The van der Waals surface area contributed by atoms with Gasteiger partial charge in [0.05, 0.1) is 8.45 Å². The third-order valence-corrected chi connectivity index (χ3v) is 4.75. The Labute approximate surface area is 114 Å². The van der Waals surface area contributed by atoms with Crippen LogP contribution >= 0.6 is 33.9 Å². The van der Waals surface area contributed by atoms with Gasteiger partial charge >= 0.3 is 0 Å². The number of nitrogens with zero attached hydrogens (tertiary/aromatic N) is 1. The monoisotopic (exact) mass is 349 g/mol. The van der Waals surface area contributed by atoms with Crippen LogP contribution in [0.25, 0.3) is 0 Å². The highest BCUT2D eigenvalue weighted by molar-refractivity contribution is 14.1. The van der Waals surface area contributed by atoms with Crippen LogP contribution in [0.1, 0.15) is 42.5 Å². The van der Waals surface area contributed by atoms with Crippen molar-refractivity contribution in [2.75, 3.05) is 13.1 Å². The predicted molar refractivity (Wildman–Crippen MR) is 76.0 cm³/mol. The zero-order valence-corrected chi connectivity index (χ0v) is 12.2. The van der Waals surface area contributed by atoms with Gasteiger partial charge in [0.15, 0.2) is 0 Å². The van der Waals surface area contributed by atoms with Gasteiger partial charge in [0.1, 0.15) is 0 Å². The average molecular weight is 349 g/mol. The van der Waals surface area contributed by atoms with Crippen LogP contribution in [0.15, 0.2) is 11.4 Å². The van der Waals surface area contributed by atoms with Gasteiger partial charge in [-0.25, -0.2) is 0 Å². The fourth-order valence-corrected chi connectivity index (χ4v) is 3.38. The Bertz CT molecular complexity index is 356. The molecule has 1 saturated heterocycles. The van der Waals surface area contributed by atoms with E-state index in [1.54, 1.807) is 11.3 Å². The molecule has 16 heavy (non-hydrogen) atoms. The zero-order chi connectivity index (χ0) is 11.4. The molecule has 0 aromatic carbocycles. The first-order valence-electron chi connectivity index (χ1n) is 5.81. The van der Waals surface area contributed by atoms with Gasteiger partial charge in [-0.2, -0.15) is 0 Å². The minimum atomic E-state index is 0.223. The molecule has 0 radical (unpaired) electrons. The summed E-state index contributed by atoms with van der Waals surface area (Å²) < 4.78 is 1.19. The minimum absolute atomic E-state index is 0.223. The Morgan fingerprint density at radius 3 is 2.38 bits per heavy atom. The molecule has 88 valence electrons. The van der Waals surface area contributed by atoms with Crippen LogP contribution in [0.5, 0.6) is 0 Å². The van der Waals surface area contributed by atoms with Crippen LogP contribution in [-0.2, 0) is 0 Å². The number of amides is 1. The second-order valence-corrected chi connectivity index (χ2v) is 7.00. The molecule has 2 heterocycles. The van der Waals surface area contributed by atoms with Crippen molar-refractivity contribution in [3.63, 3.8) is 0 Å². The molecular formula is C12H16INOS. The lowest BCUT2D eigenvalue weighted by Crippen LogP contribution is -2.33. The highest BCUT2D eigenvalue weighted by Crippen LogP contribution is 2.19. The Morgan fingerprint density at radius 2 is 1.81 bits per heavy atom. The molecule has 1 aromatic heterocycles. The van der Waals surface area contributed by atoms with Gasteiger partial charge in [-0.1, -0.05) is 19.3 Å². The van der Waals surface area contributed by atoms with Crippen molar-refractivity contribution in [2.45, 2.75) is 32.1 Å². The fourth-order valence-electron chi connectivity index (χ4n) is 2.06. The molecule has 1 aliphatic rings. The molecule has 0 unspecified atom stereocenters. The summed E-state index contributed by atoms with van der Waals surface area (Å²) in [6.07, 6.45) is 6.19. The number of thiophene rings is 1. The van der Waals surface area contributed by atoms with Gasteiger partial charge in [0, 0.05) is 18.5 Å². The molecule has 1 fully saturated rings. The molecule has 1 aliphatic heterocycles. The van der Waals surface area contributed by atoms with Gasteiger partial charge in [-0.3, -0.25) is 4.79 Å². The van der Waals surface area contributed by atoms with Crippen molar-refractivity contribution in [3.8, 4) is 0 Å². The molecule has 2 rings (SSSR count). The highest BCUT2D eigenvalue weighted by atomic mass is 127. The van der Waals surface area contributed by atoms with E-state index in [0.717, 1.165) is 31.5 Å². The van der Waals surface area contributed by atoms with E-state index in [1.165, 1.54) is 22.1 Å². The van der Waals surface area contributed by atoms with Crippen molar-refractivity contribution in [2.24, 2.45) is 0 Å². The number of likely N-dealkylation sites (tertiary alicyclic amines) is 1. The van der Waals surface area contributed by atoms with Crippen LogP contribution in [0.2, 0.25) is 0 Å². The molecule has 2 nitrogen and oxygen atoms in total. The van der Waals surface area contributed by atoms with Crippen LogP contribution in [0, 0.1) is 2.88 Å². The summed E-state index contributed by atoms with van der Waals surface area (Å²) >= 11 is 3.91. The molecule has 1 amide bonds. The summed E-state index contributed by atoms with van der Waals surface area (Å²) in [5, 5.41) is 1.98. The van der Waals surface area contributed by atoms with E-state index < -0.39 is 0 Å². The number of carbonyl (C=O) groups is 1. The fraction of sp³-hybridized carbons (Fsp3) is 0.583. The number of rotatable bonds is 1. The second-order valence-electron chi connectivity index (χ2n) is 4.20. The maximum absolute atomic E-state index is 12.2. The Balaban J connectivity index is 2.01. The Kier molecular flexibility index (Phi) is 4.64. The first-order valence-corrected chi connectivity index (χ1v) is 7.76. The van der Waals surface area contributed by atoms with Gasteiger partial charge < -0.3 is 4.90 Å². The van der Waals surface area contributed by atoms with Crippen molar-refractivity contribution in [1.82, 2.24) is 4.90 Å². The smallest absolute Gasteiger partial charge is 0.254 e. The van der Waals surface area contributed by atoms with Crippen molar-refractivity contribution in [1.29, 1.82) is 0 Å². The zero-order valence-electron chi connectivity index (χ0n) is 9.25. The van der Waals surface area contributed by atoms with E-state index in [0.29, 0.717) is 0 Å². The third-order valence-electron chi connectivity index (χ3n) is 2.96. The first-order chi connectivity index (χ1) is 7.77. The number of halogens is 1. The maximum Gasteiger partial charge on any atom is 0.254 e. The molecule has 0 aliphatic carbocycles. The summed E-state index contributed by atoms with van der Waals surface area (Å²) in [6.45, 7) is 1.87. The summed E-state index contributed by atoms with van der Waals surface area (Å²) in [6, 6.07) is 1.99. The molecular weight excluding hydrogens is 333 g/mol. The lowest BCUT2D eigenvalue weighted by molar-refractivity contribution is 0.0743. The van der Waals surface area contributed by atoms with Gasteiger partial charge in [0.2, 0.25) is 0 Å². The van der Waals surface area contributed by atoms with E-state index in [9.17, 15) is 4.79 Å². The summed E-state index contributed by atoms with van der Waals surface area (Å²) in [5.41, 5.74) is 0.870. The second kappa shape index (κ2) is 6.00. The molecule has 4 heteroatoms. The average Bonchev–Trinajstić information content (AvgIpc) is 2.63. The van der Waals surface area contributed by atoms with Crippen molar-refractivity contribution in [3.05, 3.63) is 19.9 Å². The molecule has 0 saturated carbocycles. The van der Waals surface area contributed by atoms with Crippen LogP contribution in [0.3, 0.4) is 0 Å². The molecule has 0 atom stereocenters. The third kappa shape index (κ3) is 3.20. The van der Waals surface area contributed by atoms with E-state index in [2.05, 4.69) is 22.6 Å². The van der Waals surface area contributed by atoms with E-state index in [4.69, 9.17) is 0 Å². The topological polar surface area (TPSA) is 20.3 Å². The highest BCUT2D eigenvalue weighted by Gasteiger charge is 2.17. The van der Waals surface area contributed by atoms with Crippen LogP contribution < -0.4 is 0 Å². The largest absolute Gasteiger partial charge is 0.339 e. The number of hydrogen-bond donors (Lipinski definition) is 0. The summed E-state index contributed by atoms with van der Waals surface area (Å²) in [4.78, 5) is 14.2. The summed E-state index contributed by atoms with van der Waals surface area (Å²) in [7, 11) is 0. The SMILES string of the molecule is O=C(c1csc(I)c1)N1CCCCCCC1. The Hall–Kier alpha value is -0.100. The van der Waals surface area contributed by atoms with Gasteiger partial charge in [0.25, 0.3) is 5.91 Å². The lowest BCUT2D eigenvalue weighted by Gasteiger charge is -2.24. The quantitative estimate of drug-likeness (QED) is 0.707. The molecule has 0 spiro atoms. The van der Waals surface area contributed by atoms with Crippen molar-refractivity contribution >= 4 is 39.8 Å². The van der Waals surface area contributed by atoms with Crippen LogP contribution in [0.4, 0.5) is 0 Å². The van der Waals surface area contributed by atoms with E-state index in [1.807, 2.05) is 16.3 Å². The number of hydrogen-bond acceptors (Lipinski definition) is 2. The van der Waals surface area contributed by atoms with Gasteiger partial charge in [-0.05, 0) is 41.5 Å². The predicted octanol–water partition coefficient (Wildman–Crippen LogP) is 3.76. The van der Waals surface area contributed by atoms with Crippen LogP contribution in [-0.4, -0.2) is 23.9 Å². The van der Waals surface area contributed by atoms with Gasteiger partial charge in [-0.15, -0.1) is 11.3 Å². The maximum atomic E-state index is 12.2. The molecule has 0 N–H and O–H groups in total. The first kappa shape index (κ1) is 12.4. The van der Waals surface area contributed by atoms with Crippen molar-refractivity contribution < 1.29 is 4.79 Å². The molecule has 0 bridgehead atoms.